The first-order valence-electron chi connectivity index (χ1n) is 9.94. The van der Waals surface area contributed by atoms with Crippen LogP contribution in [0.25, 0.3) is 0 Å². The molecule has 5 heteroatoms. The maximum atomic E-state index is 4.78. The molecule has 1 aliphatic heterocycles. The summed E-state index contributed by atoms with van der Waals surface area (Å²) >= 11 is 0. The highest BCUT2D eigenvalue weighted by Gasteiger charge is 2.19. The second kappa shape index (κ2) is 8.30. The summed E-state index contributed by atoms with van der Waals surface area (Å²) in [6, 6.07) is 21.0. The Morgan fingerprint density at radius 2 is 1.50 bits per heavy atom. The van der Waals surface area contributed by atoms with Gasteiger partial charge in [0.05, 0.1) is 0 Å². The highest BCUT2D eigenvalue weighted by atomic mass is 15.3. The molecular weight excluding hydrogens is 346 g/mol. The number of hydrogen-bond acceptors (Lipinski definition) is 5. The lowest BCUT2D eigenvalue weighted by Gasteiger charge is -2.36. The number of anilines is 4. The Kier molecular flexibility index (Phi) is 5.42. The van der Waals surface area contributed by atoms with Crippen LogP contribution in [-0.2, 0) is 0 Å². The Bertz CT molecular complexity index is 902. The van der Waals surface area contributed by atoms with E-state index in [2.05, 4.69) is 82.5 Å². The van der Waals surface area contributed by atoms with Gasteiger partial charge in [-0.25, -0.2) is 4.98 Å². The summed E-state index contributed by atoms with van der Waals surface area (Å²) in [6.07, 6.45) is 1.84. The van der Waals surface area contributed by atoms with Gasteiger partial charge in [-0.05, 0) is 35.7 Å². The lowest BCUT2D eigenvalue weighted by molar-refractivity contribution is 0.647. The van der Waals surface area contributed by atoms with E-state index in [0.29, 0.717) is 11.9 Å². The monoisotopic (exact) mass is 373 g/mol. The van der Waals surface area contributed by atoms with E-state index in [0.717, 1.165) is 37.7 Å². The average Bonchev–Trinajstić information content (AvgIpc) is 2.75. The molecule has 4 rings (SSSR count). The van der Waals surface area contributed by atoms with Crippen molar-refractivity contribution in [2.24, 2.45) is 0 Å². The van der Waals surface area contributed by atoms with Crippen LogP contribution < -0.4 is 15.1 Å². The number of rotatable bonds is 5. The summed E-state index contributed by atoms with van der Waals surface area (Å²) in [4.78, 5) is 14.0. The van der Waals surface area contributed by atoms with E-state index in [1.165, 1.54) is 11.3 Å². The second-order valence-corrected chi connectivity index (χ2v) is 7.42. The Hall–Kier alpha value is -3.08. The van der Waals surface area contributed by atoms with Gasteiger partial charge in [0.2, 0.25) is 5.95 Å². The third kappa shape index (κ3) is 4.09. The Labute approximate surface area is 167 Å². The first kappa shape index (κ1) is 18.3. The number of para-hydroxylation sites is 2. The molecule has 0 unspecified atom stereocenters. The maximum Gasteiger partial charge on any atom is 0.229 e. The van der Waals surface area contributed by atoms with Crippen molar-refractivity contribution in [3.05, 3.63) is 72.4 Å². The van der Waals surface area contributed by atoms with E-state index < -0.39 is 0 Å². The van der Waals surface area contributed by atoms with Gasteiger partial charge in [-0.15, -0.1) is 0 Å². The predicted molar refractivity (Wildman–Crippen MR) is 117 cm³/mol. The predicted octanol–water partition coefficient (Wildman–Crippen LogP) is 4.67. The fourth-order valence-corrected chi connectivity index (χ4v) is 3.65. The quantitative estimate of drug-likeness (QED) is 0.704. The molecule has 0 spiro atoms. The number of nitrogens with zero attached hydrogens (tertiary/aromatic N) is 4. The van der Waals surface area contributed by atoms with Crippen LogP contribution in [0.1, 0.15) is 25.3 Å². The summed E-state index contributed by atoms with van der Waals surface area (Å²) in [5, 5.41) is 3.41. The van der Waals surface area contributed by atoms with Crippen molar-refractivity contribution in [3.8, 4) is 0 Å². The Morgan fingerprint density at radius 1 is 0.821 bits per heavy atom. The molecule has 0 saturated carbocycles. The van der Waals surface area contributed by atoms with Crippen molar-refractivity contribution in [2.75, 3.05) is 41.3 Å². The third-order valence-electron chi connectivity index (χ3n) is 5.20. The van der Waals surface area contributed by atoms with Crippen molar-refractivity contribution < 1.29 is 0 Å². The normalized spacial score (nSPS) is 14.4. The van der Waals surface area contributed by atoms with Crippen LogP contribution in [0.4, 0.5) is 23.1 Å². The van der Waals surface area contributed by atoms with Gasteiger partial charge < -0.3 is 15.1 Å². The van der Waals surface area contributed by atoms with Crippen LogP contribution in [0.5, 0.6) is 0 Å². The molecule has 2 aromatic carbocycles. The lowest BCUT2D eigenvalue weighted by atomic mass is 10.0. The fraction of sp³-hybridized carbons (Fsp3) is 0.304. The summed E-state index contributed by atoms with van der Waals surface area (Å²) in [5.41, 5.74) is 3.63. The van der Waals surface area contributed by atoms with Crippen LogP contribution in [0, 0.1) is 0 Å². The number of hydrogen-bond donors (Lipinski definition) is 1. The van der Waals surface area contributed by atoms with Crippen LogP contribution in [0.15, 0.2) is 66.9 Å². The molecule has 2 heterocycles. The topological polar surface area (TPSA) is 44.3 Å². The average molecular weight is 374 g/mol. The molecule has 0 atom stereocenters. The van der Waals surface area contributed by atoms with Gasteiger partial charge in [-0.3, -0.25) is 0 Å². The van der Waals surface area contributed by atoms with Gasteiger partial charge in [0.25, 0.3) is 0 Å². The Balaban J connectivity index is 1.45. The Morgan fingerprint density at radius 3 is 2.25 bits per heavy atom. The molecule has 1 aromatic heterocycles. The van der Waals surface area contributed by atoms with Crippen molar-refractivity contribution in [3.63, 3.8) is 0 Å². The van der Waals surface area contributed by atoms with Crippen molar-refractivity contribution >= 4 is 23.1 Å². The highest BCUT2D eigenvalue weighted by molar-refractivity contribution is 5.60. The van der Waals surface area contributed by atoms with E-state index >= 15 is 0 Å². The van der Waals surface area contributed by atoms with Crippen molar-refractivity contribution in [1.29, 1.82) is 0 Å². The zero-order valence-electron chi connectivity index (χ0n) is 16.5. The fourth-order valence-electron chi connectivity index (χ4n) is 3.65. The number of aromatic nitrogens is 2. The van der Waals surface area contributed by atoms with Gasteiger partial charge in [-0.2, -0.15) is 4.98 Å². The van der Waals surface area contributed by atoms with Gasteiger partial charge in [0, 0.05) is 43.8 Å². The molecule has 28 heavy (non-hydrogen) atoms. The summed E-state index contributed by atoms with van der Waals surface area (Å²) < 4.78 is 0. The van der Waals surface area contributed by atoms with Gasteiger partial charge in [-0.1, -0.05) is 50.2 Å². The summed E-state index contributed by atoms with van der Waals surface area (Å²) in [6.45, 7) is 8.29. The number of benzene rings is 2. The molecule has 0 radical (unpaired) electrons. The van der Waals surface area contributed by atoms with E-state index in [-0.39, 0.29) is 0 Å². The molecule has 5 nitrogen and oxygen atoms in total. The first-order chi connectivity index (χ1) is 13.7. The van der Waals surface area contributed by atoms with Crippen molar-refractivity contribution in [1.82, 2.24) is 9.97 Å². The van der Waals surface area contributed by atoms with E-state index in [4.69, 9.17) is 4.98 Å². The molecule has 1 N–H and O–H groups in total. The second-order valence-electron chi connectivity index (χ2n) is 7.42. The lowest BCUT2D eigenvalue weighted by Crippen LogP contribution is -2.46. The van der Waals surface area contributed by atoms with Crippen LogP contribution in [-0.4, -0.2) is 36.1 Å². The first-order valence-corrected chi connectivity index (χ1v) is 9.94. The minimum absolute atomic E-state index is 0.443. The molecule has 3 aromatic rings. The largest absolute Gasteiger partial charge is 0.368 e. The minimum Gasteiger partial charge on any atom is -0.368 e. The van der Waals surface area contributed by atoms with Crippen LogP contribution in [0.2, 0.25) is 0 Å². The number of nitrogens with one attached hydrogen (secondary N) is 1. The molecule has 1 fully saturated rings. The van der Waals surface area contributed by atoms with E-state index in [9.17, 15) is 0 Å². The van der Waals surface area contributed by atoms with Crippen LogP contribution >= 0.6 is 0 Å². The highest BCUT2D eigenvalue weighted by Crippen LogP contribution is 2.26. The maximum absolute atomic E-state index is 4.78. The molecule has 0 bridgehead atoms. The summed E-state index contributed by atoms with van der Waals surface area (Å²) in [5.74, 6) is 2.07. The zero-order valence-corrected chi connectivity index (χ0v) is 16.5. The van der Waals surface area contributed by atoms with E-state index in [1.54, 1.807) is 0 Å². The molecule has 0 amide bonds. The molecule has 144 valence electrons. The van der Waals surface area contributed by atoms with Gasteiger partial charge in [0.1, 0.15) is 5.82 Å². The van der Waals surface area contributed by atoms with E-state index in [1.807, 2.05) is 18.3 Å². The molecule has 0 aliphatic carbocycles. The van der Waals surface area contributed by atoms with Crippen molar-refractivity contribution in [2.45, 2.75) is 19.8 Å². The van der Waals surface area contributed by atoms with Gasteiger partial charge >= 0.3 is 0 Å². The summed E-state index contributed by atoms with van der Waals surface area (Å²) in [7, 11) is 0. The minimum atomic E-state index is 0.443. The molecule has 1 saturated heterocycles. The van der Waals surface area contributed by atoms with Crippen LogP contribution in [0.3, 0.4) is 0 Å². The third-order valence-corrected chi connectivity index (χ3v) is 5.20. The standard InChI is InChI=1S/C23H27N5/c1-18(2)20-10-6-7-11-21(20)25-23-24-13-12-22(26-23)28-16-14-27(15-17-28)19-8-4-3-5-9-19/h3-13,18H,14-17H2,1-2H3,(H,24,25,26). The molecular formula is C23H27N5. The SMILES string of the molecule is CC(C)c1ccccc1Nc1nccc(N2CCN(c3ccccc3)CC2)n1. The number of piperazine rings is 1. The zero-order chi connectivity index (χ0) is 19.3. The van der Waals surface area contributed by atoms with Gasteiger partial charge in [0.15, 0.2) is 0 Å². The smallest absolute Gasteiger partial charge is 0.229 e. The molecule has 1 aliphatic rings.